The fourth-order valence-electron chi connectivity index (χ4n) is 1.36. The first kappa shape index (κ1) is 13.0. The summed E-state index contributed by atoms with van der Waals surface area (Å²) in [7, 11) is 1.55. The summed E-state index contributed by atoms with van der Waals surface area (Å²) in [5.41, 5.74) is 0.628. The van der Waals surface area contributed by atoms with Crippen molar-refractivity contribution < 1.29 is 9.53 Å². The molecule has 1 aromatic carbocycles. The maximum atomic E-state index is 11.7. The van der Waals surface area contributed by atoms with Crippen LogP contribution in [0.2, 0.25) is 5.02 Å². The van der Waals surface area contributed by atoms with Crippen LogP contribution in [0.15, 0.2) is 18.2 Å². The van der Waals surface area contributed by atoms with Crippen LogP contribution in [0.25, 0.3) is 0 Å². The van der Waals surface area contributed by atoms with Gasteiger partial charge >= 0.3 is 0 Å². The third-order valence-electron chi connectivity index (χ3n) is 2.25. The van der Waals surface area contributed by atoms with E-state index in [1.54, 1.807) is 25.3 Å². The first-order valence-corrected chi connectivity index (χ1v) is 5.64. The van der Waals surface area contributed by atoms with Crippen LogP contribution in [0.4, 0.5) is 0 Å². The van der Waals surface area contributed by atoms with Crippen LogP contribution in [0.3, 0.4) is 0 Å². The standard InChI is InChI=1S/C12H16ClNO2/c1-3-14-7-6-11(15)9-4-5-12(16-2)10(13)8-9/h4-5,8,14H,3,6-7H2,1-2H3. The van der Waals surface area contributed by atoms with Gasteiger partial charge in [-0.2, -0.15) is 0 Å². The molecule has 0 saturated heterocycles. The first-order valence-electron chi connectivity index (χ1n) is 5.26. The maximum Gasteiger partial charge on any atom is 0.164 e. The van der Waals surface area contributed by atoms with Crippen molar-refractivity contribution in [1.29, 1.82) is 0 Å². The molecule has 0 bridgehead atoms. The Kier molecular flexibility index (Phi) is 5.29. The van der Waals surface area contributed by atoms with E-state index in [0.717, 1.165) is 6.54 Å². The molecule has 16 heavy (non-hydrogen) atoms. The molecule has 3 nitrogen and oxygen atoms in total. The zero-order valence-electron chi connectivity index (χ0n) is 9.55. The number of rotatable bonds is 6. The number of hydrogen-bond acceptors (Lipinski definition) is 3. The summed E-state index contributed by atoms with van der Waals surface area (Å²) in [4.78, 5) is 11.7. The van der Waals surface area contributed by atoms with E-state index in [1.807, 2.05) is 6.92 Å². The first-order chi connectivity index (χ1) is 7.69. The van der Waals surface area contributed by atoms with Crippen LogP contribution in [0.1, 0.15) is 23.7 Å². The van der Waals surface area contributed by atoms with E-state index < -0.39 is 0 Å². The Morgan fingerprint density at radius 2 is 2.25 bits per heavy atom. The summed E-state index contributed by atoms with van der Waals surface area (Å²) < 4.78 is 5.02. The number of hydrogen-bond donors (Lipinski definition) is 1. The molecule has 0 saturated carbocycles. The minimum absolute atomic E-state index is 0.0884. The number of ketones is 1. The molecule has 4 heteroatoms. The highest BCUT2D eigenvalue weighted by Gasteiger charge is 2.08. The topological polar surface area (TPSA) is 38.3 Å². The molecule has 0 amide bonds. The van der Waals surface area contributed by atoms with Crippen LogP contribution >= 0.6 is 11.6 Å². The highest BCUT2D eigenvalue weighted by molar-refractivity contribution is 6.32. The third-order valence-corrected chi connectivity index (χ3v) is 2.55. The largest absolute Gasteiger partial charge is 0.495 e. The molecule has 88 valence electrons. The minimum Gasteiger partial charge on any atom is -0.495 e. The van der Waals surface area contributed by atoms with Crippen molar-refractivity contribution in [3.8, 4) is 5.75 Å². The van der Waals surface area contributed by atoms with Crippen molar-refractivity contribution in [2.24, 2.45) is 0 Å². The monoisotopic (exact) mass is 241 g/mol. The molecule has 1 rings (SSSR count). The predicted molar refractivity (Wildman–Crippen MR) is 65.5 cm³/mol. The highest BCUT2D eigenvalue weighted by atomic mass is 35.5. The van der Waals surface area contributed by atoms with Gasteiger partial charge in [-0.15, -0.1) is 0 Å². The lowest BCUT2D eigenvalue weighted by molar-refractivity contribution is 0.0983. The Balaban J connectivity index is 2.66. The van der Waals surface area contributed by atoms with E-state index >= 15 is 0 Å². The summed E-state index contributed by atoms with van der Waals surface area (Å²) in [6.45, 7) is 3.57. The highest BCUT2D eigenvalue weighted by Crippen LogP contribution is 2.25. The van der Waals surface area contributed by atoms with Crippen LogP contribution in [-0.2, 0) is 0 Å². The SMILES string of the molecule is CCNCCC(=O)c1ccc(OC)c(Cl)c1. The molecule has 0 heterocycles. The van der Waals surface area contributed by atoms with Gasteiger partial charge in [-0.05, 0) is 24.7 Å². The van der Waals surface area contributed by atoms with E-state index in [2.05, 4.69) is 5.32 Å². The third kappa shape index (κ3) is 3.51. The Hall–Kier alpha value is -1.06. The van der Waals surface area contributed by atoms with Crippen molar-refractivity contribution in [1.82, 2.24) is 5.32 Å². The van der Waals surface area contributed by atoms with Crippen molar-refractivity contribution in [3.05, 3.63) is 28.8 Å². The molecule has 0 unspecified atom stereocenters. The van der Waals surface area contributed by atoms with Crippen molar-refractivity contribution in [2.75, 3.05) is 20.2 Å². The van der Waals surface area contributed by atoms with Gasteiger partial charge < -0.3 is 10.1 Å². The van der Waals surface area contributed by atoms with Crippen LogP contribution in [0.5, 0.6) is 5.75 Å². The number of halogens is 1. The lowest BCUT2D eigenvalue weighted by atomic mass is 10.1. The van der Waals surface area contributed by atoms with Gasteiger partial charge in [0.1, 0.15) is 5.75 Å². The van der Waals surface area contributed by atoms with Gasteiger partial charge in [0, 0.05) is 18.5 Å². The van der Waals surface area contributed by atoms with Gasteiger partial charge in [0.25, 0.3) is 0 Å². The predicted octanol–water partition coefficient (Wildman–Crippen LogP) is 2.53. The van der Waals surface area contributed by atoms with Crippen LogP contribution < -0.4 is 10.1 Å². The second-order valence-corrected chi connectivity index (χ2v) is 3.78. The zero-order valence-corrected chi connectivity index (χ0v) is 10.3. The number of nitrogens with one attached hydrogen (secondary N) is 1. The fraction of sp³-hybridized carbons (Fsp3) is 0.417. The summed E-state index contributed by atoms with van der Waals surface area (Å²) in [6, 6.07) is 5.09. The van der Waals surface area contributed by atoms with Gasteiger partial charge in [0.05, 0.1) is 12.1 Å². The molecule has 0 fully saturated rings. The maximum absolute atomic E-state index is 11.7. The summed E-state index contributed by atoms with van der Waals surface area (Å²) in [5.74, 6) is 0.676. The van der Waals surface area contributed by atoms with E-state index in [0.29, 0.717) is 29.3 Å². The average molecular weight is 242 g/mol. The van der Waals surface area contributed by atoms with Crippen molar-refractivity contribution in [2.45, 2.75) is 13.3 Å². The van der Waals surface area contributed by atoms with Gasteiger partial charge in [-0.3, -0.25) is 4.79 Å². The number of carbonyl (C=O) groups is 1. The molecule has 1 aromatic rings. The molecule has 0 atom stereocenters. The molecule has 0 spiro atoms. The number of carbonyl (C=O) groups excluding carboxylic acids is 1. The molecule has 0 aliphatic carbocycles. The Morgan fingerprint density at radius 3 is 2.81 bits per heavy atom. The summed E-state index contributed by atoms with van der Waals surface area (Å²) >= 11 is 5.94. The normalized spacial score (nSPS) is 10.2. The van der Waals surface area contributed by atoms with Crippen LogP contribution in [-0.4, -0.2) is 26.0 Å². The number of benzene rings is 1. The van der Waals surface area contributed by atoms with Crippen molar-refractivity contribution in [3.63, 3.8) is 0 Å². The number of methoxy groups -OCH3 is 1. The van der Waals surface area contributed by atoms with Crippen molar-refractivity contribution >= 4 is 17.4 Å². The Bertz CT molecular complexity index is 366. The van der Waals surface area contributed by atoms with Gasteiger partial charge in [-0.25, -0.2) is 0 Å². The Labute approximate surface area is 101 Å². The molecule has 0 aliphatic heterocycles. The molecular formula is C12H16ClNO2. The summed E-state index contributed by atoms with van der Waals surface area (Å²) in [6.07, 6.45) is 0.483. The van der Waals surface area contributed by atoms with E-state index in [4.69, 9.17) is 16.3 Å². The van der Waals surface area contributed by atoms with E-state index in [-0.39, 0.29) is 5.78 Å². The molecule has 0 radical (unpaired) electrons. The van der Waals surface area contributed by atoms with Gasteiger partial charge in [-0.1, -0.05) is 18.5 Å². The average Bonchev–Trinajstić information content (AvgIpc) is 2.29. The molecule has 0 aromatic heterocycles. The number of Topliss-reactive ketones (excluding diaryl/α,β-unsaturated/α-hetero) is 1. The van der Waals surface area contributed by atoms with Crippen LogP contribution in [0, 0.1) is 0 Å². The fourth-order valence-corrected chi connectivity index (χ4v) is 1.62. The zero-order chi connectivity index (χ0) is 12.0. The minimum atomic E-state index is 0.0884. The Morgan fingerprint density at radius 1 is 1.50 bits per heavy atom. The van der Waals surface area contributed by atoms with Gasteiger partial charge in [0.2, 0.25) is 0 Å². The van der Waals surface area contributed by atoms with E-state index in [9.17, 15) is 4.79 Å². The second-order valence-electron chi connectivity index (χ2n) is 3.38. The molecule has 0 aliphatic rings. The lowest BCUT2D eigenvalue weighted by Crippen LogP contribution is -2.17. The quantitative estimate of drug-likeness (QED) is 0.615. The number of ether oxygens (including phenoxy) is 1. The smallest absolute Gasteiger partial charge is 0.164 e. The summed E-state index contributed by atoms with van der Waals surface area (Å²) in [5, 5.41) is 3.58. The molecular weight excluding hydrogens is 226 g/mol. The molecule has 1 N–H and O–H groups in total. The second kappa shape index (κ2) is 6.51. The van der Waals surface area contributed by atoms with E-state index in [1.165, 1.54) is 0 Å². The lowest BCUT2D eigenvalue weighted by Gasteiger charge is -2.05. The van der Waals surface area contributed by atoms with Gasteiger partial charge in [0.15, 0.2) is 5.78 Å².